The van der Waals surface area contributed by atoms with E-state index >= 15 is 0 Å². The summed E-state index contributed by atoms with van der Waals surface area (Å²) in [6, 6.07) is 0. The van der Waals surface area contributed by atoms with Gasteiger partial charge in [0.25, 0.3) is 0 Å². The van der Waals surface area contributed by atoms with Gasteiger partial charge < -0.3 is 15.1 Å². The number of piperazine rings is 1. The van der Waals surface area contributed by atoms with Crippen molar-refractivity contribution < 1.29 is 15.1 Å². The van der Waals surface area contributed by atoms with Crippen molar-refractivity contribution in [3.8, 4) is 0 Å². The third-order valence-corrected chi connectivity index (χ3v) is 3.44. The summed E-state index contributed by atoms with van der Waals surface area (Å²) in [5.74, 6) is 0. The molecular formula is C12H30N3+3. The van der Waals surface area contributed by atoms with Crippen LogP contribution in [0.2, 0.25) is 0 Å². The van der Waals surface area contributed by atoms with Crippen molar-refractivity contribution in [1.82, 2.24) is 0 Å². The first-order chi connectivity index (χ1) is 7.36. The number of hydrogen-bond donors (Lipinski definition) is 3. The minimum absolute atomic E-state index is 1.33. The normalized spacial score (nSPS) is 18.6. The smallest absolute Gasteiger partial charge is 0.127 e. The second-order valence-corrected chi connectivity index (χ2v) is 4.87. The van der Waals surface area contributed by atoms with Crippen molar-refractivity contribution >= 4 is 0 Å². The lowest BCUT2D eigenvalue weighted by Crippen LogP contribution is -3.24. The maximum absolute atomic E-state index is 2.45. The fraction of sp³-hybridized carbons (Fsp3) is 1.00. The van der Waals surface area contributed by atoms with Crippen molar-refractivity contribution in [3.63, 3.8) is 0 Å². The summed E-state index contributed by atoms with van der Waals surface area (Å²) in [5, 5.41) is 2.45. The molecule has 0 saturated carbocycles. The topological polar surface area (TPSA) is 25.5 Å². The van der Waals surface area contributed by atoms with E-state index in [1.165, 1.54) is 65.2 Å². The van der Waals surface area contributed by atoms with Gasteiger partial charge in [-0.25, -0.2) is 0 Å². The molecule has 3 nitrogen and oxygen atoms in total. The van der Waals surface area contributed by atoms with E-state index in [1.54, 1.807) is 0 Å². The second-order valence-electron chi connectivity index (χ2n) is 4.87. The van der Waals surface area contributed by atoms with Gasteiger partial charge in [-0.05, 0) is 12.8 Å². The monoisotopic (exact) mass is 216 g/mol. The van der Waals surface area contributed by atoms with E-state index in [9.17, 15) is 0 Å². The second kappa shape index (κ2) is 8.08. The number of hydrogen-bond acceptors (Lipinski definition) is 0. The lowest BCUT2D eigenvalue weighted by atomic mass is 10.3. The Labute approximate surface area is 94.8 Å². The van der Waals surface area contributed by atoms with Crippen LogP contribution in [0.3, 0.4) is 0 Å². The summed E-state index contributed by atoms with van der Waals surface area (Å²) in [4.78, 5) is 3.66. The molecule has 0 radical (unpaired) electrons. The molecule has 0 bridgehead atoms. The highest BCUT2D eigenvalue weighted by atomic mass is 15.2. The highest BCUT2D eigenvalue weighted by Crippen LogP contribution is 1.68. The van der Waals surface area contributed by atoms with Gasteiger partial charge in [-0.1, -0.05) is 13.8 Å². The third kappa shape index (κ3) is 5.50. The summed E-state index contributed by atoms with van der Waals surface area (Å²) < 4.78 is 0. The Kier molecular flexibility index (Phi) is 6.98. The van der Waals surface area contributed by atoms with Gasteiger partial charge in [-0.2, -0.15) is 0 Å². The van der Waals surface area contributed by atoms with Crippen LogP contribution in [0.1, 0.15) is 26.7 Å². The molecule has 1 fully saturated rings. The third-order valence-electron chi connectivity index (χ3n) is 3.44. The van der Waals surface area contributed by atoms with E-state index in [2.05, 4.69) is 19.2 Å². The average molecular weight is 216 g/mol. The molecule has 0 aliphatic carbocycles. The average Bonchev–Trinajstić information content (AvgIpc) is 2.28. The molecule has 0 aromatic heterocycles. The maximum atomic E-state index is 2.45. The van der Waals surface area contributed by atoms with Gasteiger partial charge in [0.2, 0.25) is 0 Å². The molecule has 3 heteroatoms. The Hall–Kier alpha value is -0.120. The molecule has 1 heterocycles. The molecule has 0 atom stereocenters. The summed E-state index contributed by atoms with van der Waals surface area (Å²) in [6.45, 7) is 15.6. The Morgan fingerprint density at radius 3 is 2.13 bits per heavy atom. The minimum atomic E-state index is 1.33. The molecule has 1 aliphatic rings. The molecule has 0 unspecified atom stereocenters. The zero-order valence-electron chi connectivity index (χ0n) is 10.6. The van der Waals surface area contributed by atoms with Crippen molar-refractivity contribution in [1.29, 1.82) is 0 Å². The number of rotatable bonds is 7. The van der Waals surface area contributed by atoms with Gasteiger partial charge in [0.15, 0.2) is 0 Å². The lowest BCUT2D eigenvalue weighted by molar-refractivity contribution is -0.980. The molecule has 0 amide bonds. The first-order valence-corrected chi connectivity index (χ1v) is 6.85. The highest BCUT2D eigenvalue weighted by molar-refractivity contribution is 4.36. The summed E-state index contributed by atoms with van der Waals surface area (Å²) in [7, 11) is 0. The molecule has 1 saturated heterocycles. The molecule has 90 valence electrons. The van der Waals surface area contributed by atoms with Crippen LogP contribution in [0.5, 0.6) is 0 Å². The van der Waals surface area contributed by atoms with E-state index in [-0.39, 0.29) is 0 Å². The van der Waals surface area contributed by atoms with Gasteiger partial charge in [0.05, 0.1) is 13.1 Å². The quantitative estimate of drug-likeness (QED) is 0.409. The standard InChI is InChI=1S/C12H27N3/c1-3-7-14(8-4-2)11-12-15-9-5-13-6-10-15/h13H,3-12H2,1-2H3/p+3. The minimum Gasteiger partial charge on any atom is -0.337 e. The number of nitrogens with one attached hydrogen (secondary N) is 2. The number of nitrogens with two attached hydrogens (primary N) is 1. The van der Waals surface area contributed by atoms with Gasteiger partial charge in [0, 0.05) is 0 Å². The number of quaternary nitrogens is 3. The van der Waals surface area contributed by atoms with Crippen LogP contribution >= 0.6 is 0 Å². The molecular weight excluding hydrogens is 186 g/mol. The van der Waals surface area contributed by atoms with E-state index in [1.807, 2.05) is 9.80 Å². The highest BCUT2D eigenvalue weighted by Gasteiger charge is 2.17. The maximum Gasteiger partial charge on any atom is 0.127 e. The molecule has 1 rings (SSSR count). The fourth-order valence-corrected chi connectivity index (χ4v) is 2.57. The van der Waals surface area contributed by atoms with Crippen molar-refractivity contribution in [2.45, 2.75) is 26.7 Å². The first kappa shape index (κ1) is 12.9. The molecule has 1 aliphatic heterocycles. The van der Waals surface area contributed by atoms with Crippen LogP contribution in [-0.4, -0.2) is 52.4 Å². The summed E-state index contributed by atoms with van der Waals surface area (Å²) in [6.07, 6.45) is 2.66. The van der Waals surface area contributed by atoms with Crippen LogP contribution in [0.25, 0.3) is 0 Å². The Morgan fingerprint density at radius 1 is 1.00 bits per heavy atom. The Bertz CT molecular complexity index is 138. The Balaban J connectivity index is 2.13. The summed E-state index contributed by atoms with van der Waals surface area (Å²) >= 11 is 0. The van der Waals surface area contributed by atoms with Crippen LogP contribution in [0, 0.1) is 0 Å². The van der Waals surface area contributed by atoms with E-state index in [0.29, 0.717) is 0 Å². The fourth-order valence-electron chi connectivity index (χ4n) is 2.57. The molecule has 0 aromatic rings. The van der Waals surface area contributed by atoms with Gasteiger partial charge in [0.1, 0.15) is 39.3 Å². The molecule has 0 spiro atoms. The van der Waals surface area contributed by atoms with Crippen LogP contribution in [-0.2, 0) is 0 Å². The van der Waals surface area contributed by atoms with Crippen LogP contribution < -0.4 is 15.1 Å². The van der Waals surface area contributed by atoms with Crippen molar-refractivity contribution in [2.75, 3.05) is 52.4 Å². The van der Waals surface area contributed by atoms with E-state index in [0.717, 1.165) is 0 Å². The van der Waals surface area contributed by atoms with Gasteiger partial charge in [-0.15, -0.1) is 0 Å². The van der Waals surface area contributed by atoms with Crippen molar-refractivity contribution in [2.24, 2.45) is 0 Å². The largest absolute Gasteiger partial charge is 0.337 e. The SMILES string of the molecule is CCC[NH+](CCC)CC[NH+]1CC[NH2+]CC1. The molecule has 0 aromatic carbocycles. The summed E-state index contributed by atoms with van der Waals surface area (Å²) in [5.41, 5.74) is 0. The van der Waals surface area contributed by atoms with Gasteiger partial charge >= 0.3 is 0 Å². The lowest BCUT2D eigenvalue weighted by Gasteiger charge is -2.24. The zero-order chi connectivity index (χ0) is 10.9. The van der Waals surface area contributed by atoms with Crippen molar-refractivity contribution in [3.05, 3.63) is 0 Å². The van der Waals surface area contributed by atoms with Gasteiger partial charge in [-0.3, -0.25) is 0 Å². The predicted molar refractivity (Wildman–Crippen MR) is 63.4 cm³/mol. The Morgan fingerprint density at radius 2 is 1.60 bits per heavy atom. The van der Waals surface area contributed by atoms with E-state index in [4.69, 9.17) is 0 Å². The molecule has 15 heavy (non-hydrogen) atoms. The van der Waals surface area contributed by atoms with Crippen LogP contribution in [0.15, 0.2) is 0 Å². The first-order valence-electron chi connectivity index (χ1n) is 6.85. The predicted octanol–water partition coefficient (Wildman–Crippen LogP) is -2.85. The van der Waals surface area contributed by atoms with Crippen LogP contribution in [0.4, 0.5) is 0 Å². The molecule has 4 N–H and O–H groups in total. The zero-order valence-corrected chi connectivity index (χ0v) is 10.6. The van der Waals surface area contributed by atoms with E-state index < -0.39 is 0 Å².